The van der Waals surface area contributed by atoms with Gasteiger partial charge in [0.1, 0.15) is 11.8 Å². The van der Waals surface area contributed by atoms with Crippen molar-refractivity contribution >= 4 is 23.2 Å². The van der Waals surface area contributed by atoms with Gasteiger partial charge in [0.05, 0.1) is 19.2 Å². The van der Waals surface area contributed by atoms with E-state index in [0.717, 1.165) is 16.8 Å². The quantitative estimate of drug-likeness (QED) is 0.878. The zero-order chi connectivity index (χ0) is 17.3. The summed E-state index contributed by atoms with van der Waals surface area (Å²) in [6.45, 7) is 4.00. The minimum absolute atomic E-state index is 0.142. The zero-order valence-corrected chi connectivity index (χ0v) is 14.0. The van der Waals surface area contributed by atoms with Crippen molar-refractivity contribution in [3.05, 3.63) is 53.6 Å². The Kier molecular flexibility index (Phi) is 4.25. The number of nitrogens with one attached hydrogen (secondary N) is 1. The summed E-state index contributed by atoms with van der Waals surface area (Å²) in [6.07, 6.45) is 0.142. The molecule has 1 heterocycles. The van der Waals surface area contributed by atoms with E-state index in [4.69, 9.17) is 4.74 Å². The molecule has 124 valence electrons. The maximum absolute atomic E-state index is 12.7. The minimum atomic E-state index is -0.551. The second kappa shape index (κ2) is 6.35. The van der Waals surface area contributed by atoms with Crippen LogP contribution in [0.5, 0.6) is 5.75 Å². The van der Waals surface area contributed by atoms with E-state index in [1.165, 1.54) is 4.90 Å². The van der Waals surface area contributed by atoms with E-state index in [1.807, 2.05) is 26.0 Å². The number of carbonyl (C=O) groups excluding carboxylic acids is 2. The van der Waals surface area contributed by atoms with Crippen LogP contribution < -0.4 is 15.0 Å². The van der Waals surface area contributed by atoms with Crippen LogP contribution in [-0.4, -0.2) is 25.0 Å². The molecule has 1 unspecified atom stereocenters. The molecule has 1 saturated heterocycles. The molecule has 2 aromatic rings. The number of hydrogen-bond acceptors (Lipinski definition) is 4. The molecule has 0 bridgehead atoms. The number of benzene rings is 2. The fourth-order valence-corrected chi connectivity index (χ4v) is 3.02. The number of imide groups is 1. The molecule has 2 aromatic carbocycles. The summed E-state index contributed by atoms with van der Waals surface area (Å²) in [7, 11) is 1.55. The van der Waals surface area contributed by atoms with E-state index in [-0.39, 0.29) is 18.2 Å². The van der Waals surface area contributed by atoms with Gasteiger partial charge in [0.15, 0.2) is 0 Å². The first kappa shape index (κ1) is 16.1. The predicted octanol–water partition coefficient (Wildman–Crippen LogP) is 3.06. The fraction of sp³-hybridized carbons (Fsp3) is 0.263. The van der Waals surface area contributed by atoms with Crippen molar-refractivity contribution in [1.82, 2.24) is 0 Å². The highest BCUT2D eigenvalue weighted by molar-refractivity contribution is 6.23. The van der Waals surface area contributed by atoms with E-state index in [9.17, 15) is 9.59 Å². The van der Waals surface area contributed by atoms with Crippen LogP contribution in [0.3, 0.4) is 0 Å². The highest BCUT2D eigenvalue weighted by Crippen LogP contribution is 2.28. The van der Waals surface area contributed by atoms with Gasteiger partial charge in [0.25, 0.3) is 5.91 Å². The van der Waals surface area contributed by atoms with Gasteiger partial charge in [-0.3, -0.25) is 9.59 Å². The van der Waals surface area contributed by atoms with Crippen molar-refractivity contribution in [3.8, 4) is 5.75 Å². The third-order valence-corrected chi connectivity index (χ3v) is 4.02. The number of carbonyl (C=O) groups is 2. The first-order valence-corrected chi connectivity index (χ1v) is 7.83. The van der Waals surface area contributed by atoms with Crippen LogP contribution in [0.2, 0.25) is 0 Å². The molecule has 1 aliphatic rings. The second-order valence-electron chi connectivity index (χ2n) is 6.05. The summed E-state index contributed by atoms with van der Waals surface area (Å²) in [5.74, 6) is 0.154. The van der Waals surface area contributed by atoms with Crippen LogP contribution in [0.25, 0.3) is 0 Å². The monoisotopic (exact) mass is 324 g/mol. The van der Waals surface area contributed by atoms with Crippen molar-refractivity contribution in [2.75, 3.05) is 17.3 Å². The number of hydrogen-bond donors (Lipinski definition) is 1. The lowest BCUT2D eigenvalue weighted by Gasteiger charge is -2.17. The summed E-state index contributed by atoms with van der Waals surface area (Å²) < 4.78 is 5.17. The Morgan fingerprint density at radius 1 is 1.08 bits per heavy atom. The average molecular weight is 324 g/mol. The highest BCUT2D eigenvalue weighted by atomic mass is 16.5. The molecule has 5 heteroatoms. The third kappa shape index (κ3) is 3.11. The molecule has 3 rings (SSSR count). The van der Waals surface area contributed by atoms with Crippen LogP contribution >= 0.6 is 0 Å². The standard InChI is InChI=1S/C19H20N2O3/c1-12-7-13(2)9-14(8-12)20-17-11-18(22)21(19(17)23)15-5-4-6-16(10-15)24-3/h4-10,17,20H,11H2,1-3H3. The first-order chi connectivity index (χ1) is 11.5. The molecule has 0 aromatic heterocycles. The first-order valence-electron chi connectivity index (χ1n) is 7.83. The van der Waals surface area contributed by atoms with Gasteiger partial charge in [-0.25, -0.2) is 4.90 Å². The maximum Gasteiger partial charge on any atom is 0.256 e. The largest absolute Gasteiger partial charge is 0.497 e. The van der Waals surface area contributed by atoms with Crippen molar-refractivity contribution in [1.29, 1.82) is 0 Å². The molecule has 24 heavy (non-hydrogen) atoms. The van der Waals surface area contributed by atoms with Crippen molar-refractivity contribution in [3.63, 3.8) is 0 Å². The summed E-state index contributed by atoms with van der Waals surface area (Å²) >= 11 is 0. The average Bonchev–Trinajstić information content (AvgIpc) is 2.80. The summed E-state index contributed by atoms with van der Waals surface area (Å²) in [4.78, 5) is 26.3. The van der Waals surface area contributed by atoms with Crippen LogP contribution in [-0.2, 0) is 9.59 Å². The van der Waals surface area contributed by atoms with Crippen molar-refractivity contribution < 1.29 is 14.3 Å². The van der Waals surface area contributed by atoms with Crippen molar-refractivity contribution in [2.45, 2.75) is 26.3 Å². The molecule has 1 fully saturated rings. The summed E-state index contributed by atoms with van der Waals surface area (Å²) in [5, 5.41) is 3.19. The van der Waals surface area contributed by atoms with Gasteiger partial charge in [-0.05, 0) is 49.2 Å². The Bertz CT molecular complexity index is 781. The molecule has 1 atom stereocenters. The SMILES string of the molecule is COc1cccc(N2C(=O)CC(Nc3cc(C)cc(C)c3)C2=O)c1. The Labute approximate surface area is 141 Å². The molecule has 1 aliphatic heterocycles. The lowest BCUT2D eigenvalue weighted by Crippen LogP contribution is -2.34. The van der Waals surface area contributed by atoms with Gasteiger partial charge < -0.3 is 10.1 Å². The second-order valence-corrected chi connectivity index (χ2v) is 6.05. The van der Waals surface area contributed by atoms with E-state index in [0.29, 0.717) is 11.4 Å². The van der Waals surface area contributed by atoms with Gasteiger partial charge in [0.2, 0.25) is 5.91 Å². The third-order valence-electron chi connectivity index (χ3n) is 4.02. The number of amides is 2. The van der Waals surface area contributed by atoms with Gasteiger partial charge >= 0.3 is 0 Å². The Hall–Kier alpha value is -2.82. The summed E-state index contributed by atoms with van der Waals surface area (Å²) in [6, 6.07) is 12.4. The van der Waals surface area contributed by atoms with Crippen LogP contribution in [0, 0.1) is 13.8 Å². The van der Waals surface area contributed by atoms with Gasteiger partial charge in [0, 0.05) is 11.8 Å². The molecule has 1 N–H and O–H groups in total. The van der Waals surface area contributed by atoms with Crippen LogP contribution in [0.4, 0.5) is 11.4 Å². The zero-order valence-electron chi connectivity index (χ0n) is 14.0. The van der Waals surface area contributed by atoms with Gasteiger partial charge in [-0.1, -0.05) is 12.1 Å². The minimum Gasteiger partial charge on any atom is -0.497 e. The maximum atomic E-state index is 12.7. The molecule has 5 nitrogen and oxygen atoms in total. The van der Waals surface area contributed by atoms with Crippen LogP contribution in [0.15, 0.2) is 42.5 Å². The van der Waals surface area contributed by atoms with Crippen LogP contribution in [0.1, 0.15) is 17.5 Å². The number of nitrogens with zero attached hydrogens (tertiary/aromatic N) is 1. The molecule has 0 spiro atoms. The molecular weight excluding hydrogens is 304 g/mol. The normalized spacial score (nSPS) is 17.3. The predicted molar refractivity (Wildman–Crippen MR) is 93.4 cm³/mol. The highest BCUT2D eigenvalue weighted by Gasteiger charge is 2.39. The van der Waals surface area contributed by atoms with E-state index in [1.54, 1.807) is 31.4 Å². The van der Waals surface area contributed by atoms with Gasteiger partial charge in [-0.2, -0.15) is 0 Å². The molecule has 0 aliphatic carbocycles. The van der Waals surface area contributed by atoms with E-state index in [2.05, 4.69) is 11.4 Å². The van der Waals surface area contributed by atoms with E-state index >= 15 is 0 Å². The molecule has 2 amide bonds. The molecule has 0 radical (unpaired) electrons. The Balaban J connectivity index is 1.83. The lowest BCUT2D eigenvalue weighted by atomic mass is 10.1. The Morgan fingerprint density at radius 2 is 1.79 bits per heavy atom. The van der Waals surface area contributed by atoms with E-state index < -0.39 is 6.04 Å². The van der Waals surface area contributed by atoms with Gasteiger partial charge in [-0.15, -0.1) is 0 Å². The summed E-state index contributed by atoms with van der Waals surface area (Å²) in [5.41, 5.74) is 3.61. The number of methoxy groups -OCH3 is 1. The van der Waals surface area contributed by atoms with Crippen molar-refractivity contribution in [2.24, 2.45) is 0 Å². The number of aryl methyl sites for hydroxylation is 2. The number of anilines is 2. The Morgan fingerprint density at radius 3 is 2.46 bits per heavy atom. The lowest BCUT2D eigenvalue weighted by molar-refractivity contribution is -0.121. The fourth-order valence-electron chi connectivity index (χ4n) is 3.02. The number of rotatable bonds is 4. The molecular formula is C19H20N2O3. The molecule has 0 saturated carbocycles. The topological polar surface area (TPSA) is 58.6 Å². The smallest absolute Gasteiger partial charge is 0.256 e. The number of ether oxygens (including phenoxy) is 1.